The Hall–Kier alpha value is -2.20. The highest BCUT2D eigenvalue weighted by atomic mass is 19.1. The van der Waals surface area contributed by atoms with Crippen molar-refractivity contribution in [3.8, 4) is 11.1 Å². The van der Waals surface area contributed by atoms with E-state index < -0.39 is 5.82 Å². The van der Waals surface area contributed by atoms with Crippen LogP contribution in [0.4, 0.5) is 4.39 Å². The molecule has 0 saturated carbocycles. The van der Waals surface area contributed by atoms with E-state index in [0.717, 1.165) is 23.2 Å². The first-order valence-corrected chi connectivity index (χ1v) is 7.89. The molecule has 0 aliphatic carbocycles. The van der Waals surface area contributed by atoms with Crippen LogP contribution in [0.5, 0.6) is 0 Å². The van der Waals surface area contributed by atoms with Gasteiger partial charge in [-0.1, -0.05) is 42.8 Å². The number of rotatable bonds is 6. The van der Waals surface area contributed by atoms with Crippen LogP contribution in [0, 0.1) is 12.7 Å². The van der Waals surface area contributed by atoms with Crippen LogP contribution < -0.4 is 10.6 Å². The summed E-state index contributed by atoms with van der Waals surface area (Å²) in [7, 11) is 0. The molecule has 122 valence electrons. The smallest absolute Gasteiger partial charge is 0.254 e. The van der Waals surface area contributed by atoms with Gasteiger partial charge in [-0.3, -0.25) is 4.79 Å². The maximum absolute atomic E-state index is 14.3. The van der Waals surface area contributed by atoms with E-state index in [9.17, 15) is 9.18 Å². The predicted molar refractivity (Wildman–Crippen MR) is 92.0 cm³/mol. The van der Waals surface area contributed by atoms with Crippen molar-refractivity contribution in [1.82, 2.24) is 10.6 Å². The molecule has 0 bridgehead atoms. The standard InChI is InChI=1S/C19H23FN2O/c1-4-21-14(3)12-22-19(23)17-10-9-16(11-18(17)20)15-7-5-13(2)6-8-15/h5-11,14,21H,4,12H2,1-3H3,(H,22,23)/t14-/m1/s1. The third kappa shape index (κ3) is 4.63. The van der Waals surface area contributed by atoms with E-state index in [4.69, 9.17) is 0 Å². The lowest BCUT2D eigenvalue weighted by atomic mass is 10.0. The number of hydrogen-bond acceptors (Lipinski definition) is 2. The van der Waals surface area contributed by atoms with Gasteiger partial charge in [0.1, 0.15) is 5.82 Å². The van der Waals surface area contributed by atoms with Crippen LogP contribution in [0.3, 0.4) is 0 Å². The molecule has 2 N–H and O–H groups in total. The largest absolute Gasteiger partial charge is 0.350 e. The van der Waals surface area contributed by atoms with Crippen molar-refractivity contribution < 1.29 is 9.18 Å². The third-order valence-electron chi connectivity index (χ3n) is 3.72. The van der Waals surface area contributed by atoms with Crippen molar-refractivity contribution in [1.29, 1.82) is 0 Å². The number of benzene rings is 2. The molecule has 1 amide bonds. The van der Waals surface area contributed by atoms with Gasteiger partial charge in [0.25, 0.3) is 5.91 Å². The molecule has 2 aromatic carbocycles. The van der Waals surface area contributed by atoms with E-state index in [-0.39, 0.29) is 17.5 Å². The molecule has 0 fully saturated rings. The van der Waals surface area contributed by atoms with Gasteiger partial charge >= 0.3 is 0 Å². The quantitative estimate of drug-likeness (QED) is 0.856. The maximum Gasteiger partial charge on any atom is 0.254 e. The number of carbonyl (C=O) groups is 1. The Balaban J connectivity index is 2.09. The summed E-state index contributed by atoms with van der Waals surface area (Å²) in [6.07, 6.45) is 0. The average Bonchev–Trinajstić information content (AvgIpc) is 2.53. The number of likely N-dealkylation sites (N-methyl/N-ethyl adjacent to an activating group) is 1. The van der Waals surface area contributed by atoms with E-state index >= 15 is 0 Å². The van der Waals surface area contributed by atoms with Crippen LogP contribution in [0.15, 0.2) is 42.5 Å². The fraction of sp³-hybridized carbons (Fsp3) is 0.316. The molecule has 23 heavy (non-hydrogen) atoms. The number of nitrogens with one attached hydrogen (secondary N) is 2. The zero-order valence-electron chi connectivity index (χ0n) is 13.8. The average molecular weight is 314 g/mol. The second kappa shape index (κ2) is 7.88. The Bertz CT molecular complexity index is 668. The summed E-state index contributed by atoms with van der Waals surface area (Å²) in [6, 6.07) is 12.7. The molecule has 0 saturated heterocycles. The number of hydrogen-bond donors (Lipinski definition) is 2. The van der Waals surface area contributed by atoms with Gasteiger partial charge in [-0.05, 0) is 43.7 Å². The normalized spacial score (nSPS) is 12.0. The van der Waals surface area contributed by atoms with Gasteiger partial charge in [-0.25, -0.2) is 4.39 Å². The monoisotopic (exact) mass is 314 g/mol. The Morgan fingerprint density at radius 2 is 1.78 bits per heavy atom. The highest BCUT2D eigenvalue weighted by molar-refractivity contribution is 5.95. The lowest BCUT2D eigenvalue weighted by molar-refractivity contribution is 0.0946. The Labute approximate surface area is 136 Å². The molecule has 0 heterocycles. The Kier molecular flexibility index (Phi) is 5.88. The van der Waals surface area contributed by atoms with Gasteiger partial charge in [0.2, 0.25) is 0 Å². The highest BCUT2D eigenvalue weighted by Gasteiger charge is 2.13. The fourth-order valence-corrected chi connectivity index (χ4v) is 2.39. The molecule has 4 heteroatoms. The summed E-state index contributed by atoms with van der Waals surface area (Å²) < 4.78 is 14.3. The molecule has 0 aliphatic heterocycles. The summed E-state index contributed by atoms with van der Waals surface area (Å²) in [5.74, 6) is -0.889. The third-order valence-corrected chi connectivity index (χ3v) is 3.72. The van der Waals surface area contributed by atoms with Crippen LogP contribution in [-0.2, 0) is 0 Å². The number of carbonyl (C=O) groups excluding carboxylic acids is 1. The number of halogens is 1. The topological polar surface area (TPSA) is 41.1 Å². The van der Waals surface area contributed by atoms with Crippen molar-refractivity contribution in [2.45, 2.75) is 26.8 Å². The molecule has 1 atom stereocenters. The van der Waals surface area contributed by atoms with Crippen molar-refractivity contribution >= 4 is 5.91 Å². The molecule has 0 unspecified atom stereocenters. The van der Waals surface area contributed by atoms with Crippen LogP contribution in [0.1, 0.15) is 29.8 Å². The Morgan fingerprint density at radius 1 is 1.13 bits per heavy atom. The maximum atomic E-state index is 14.3. The minimum absolute atomic E-state index is 0.0737. The minimum Gasteiger partial charge on any atom is -0.350 e. The lowest BCUT2D eigenvalue weighted by Gasteiger charge is -2.13. The minimum atomic E-state index is -0.503. The second-order valence-corrected chi connectivity index (χ2v) is 5.73. The highest BCUT2D eigenvalue weighted by Crippen LogP contribution is 2.22. The van der Waals surface area contributed by atoms with Gasteiger partial charge in [0, 0.05) is 12.6 Å². The molecular formula is C19H23FN2O. The number of aryl methyl sites for hydroxylation is 1. The Morgan fingerprint density at radius 3 is 2.39 bits per heavy atom. The van der Waals surface area contributed by atoms with E-state index in [2.05, 4.69) is 10.6 Å². The first-order valence-electron chi connectivity index (χ1n) is 7.89. The first-order chi connectivity index (χ1) is 11.0. The zero-order chi connectivity index (χ0) is 16.8. The SMILES string of the molecule is CCN[C@H](C)CNC(=O)c1ccc(-c2ccc(C)cc2)cc1F. The zero-order valence-corrected chi connectivity index (χ0v) is 13.8. The summed E-state index contributed by atoms with van der Waals surface area (Å²) in [5.41, 5.74) is 2.92. The summed E-state index contributed by atoms with van der Waals surface area (Å²) in [5, 5.41) is 5.94. The van der Waals surface area contributed by atoms with Crippen molar-refractivity contribution in [3.05, 3.63) is 59.4 Å². The molecule has 0 aliphatic rings. The summed E-state index contributed by atoms with van der Waals surface area (Å²) in [4.78, 5) is 12.1. The van der Waals surface area contributed by atoms with Gasteiger partial charge in [-0.2, -0.15) is 0 Å². The lowest BCUT2D eigenvalue weighted by Crippen LogP contribution is -2.39. The molecule has 0 radical (unpaired) electrons. The van der Waals surface area contributed by atoms with Crippen LogP contribution in [0.2, 0.25) is 0 Å². The van der Waals surface area contributed by atoms with Crippen LogP contribution >= 0.6 is 0 Å². The number of amides is 1. The van der Waals surface area contributed by atoms with Gasteiger partial charge in [0.15, 0.2) is 0 Å². The summed E-state index contributed by atoms with van der Waals surface area (Å²) >= 11 is 0. The van der Waals surface area contributed by atoms with Gasteiger partial charge in [-0.15, -0.1) is 0 Å². The van der Waals surface area contributed by atoms with Crippen LogP contribution in [-0.4, -0.2) is 25.0 Å². The van der Waals surface area contributed by atoms with E-state index in [1.807, 2.05) is 45.0 Å². The second-order valence-electron chi connectivity index (χ2n) is 5.73. The van der Waals surface area contributed by atoms with Gasteiger partial charge in [0.05, 0.1) is 5.56 Å². The molecule has 0 spiro atoms. The van der Waals surface area contributed by atoms with E-state index in [1.54, 1.807) is 6.07 Å². The van der Waals surface area contributed by atoms with Crippen molar-refractivity contribution in [3.63, 3.8) is 0 Å². The summed E-state index contributed by atoms with van der Waals surface area (Å²) in [6.45, 7) is 7.27. The first kappa shape index (κ1) is 17.2. The van der Waals surface area contributed by atoms with E-state index in [1.165, 1.54) is 12.1 Å². The molecule has 2 aromatic rings. The molecule has 2 rings (SSSR count). The molecule has 3 nitrogen and oxygen atoms in total. The predicted octanol–water partition coefficient (Wildman–Crippen LogP) is 3.53. The van der Waals surface area contributed by atoms with Crippen molar-refractivity contribution in [2.24, 2.45) is 0 Å². The molecular weight excluding hydrogens is 291 g/mol. The van der Waals surface area contributed by atoms with Crippen molar-refractivity contribution in [2.75, 3.05) is 13.1 Å². The fourth-order valence-electron chi connectivity index (χ4n) is 2.39. The van der Waals surface area contributed by atoms with E-state index in [0.29, 0.717) is 6.54 Å². The van der Waals surface area contributed by atoms with Crippen LogP contribution in [0.25, 0.3) is 11.1 Å². The van der Waals surface area contributed by atoms with Gasteiger partial charge < -0.3 is 10.6 Å². The molecule has 0 aromatic heterocycles.